The number of amides is 2. The summed E-state index contributed by atoms with van der Waals surface area (Å²) in [5, 5.41) is 14.0. The molecule has 2 aromatic carbocycles. The average molecular weight is 499 g/mol. The number of pyridine rings is 2. The van der Waals surface area contributed by atoms with Gasteiger partial charge in [0.2, 0.25) is 5.91 Å². The van der Waals surface area contributed by atoms with Gasteiger partial charge < -0.3 is 15.3 Å². The predicted molar refractivity (Wildman–Crippen MR) is 136 cm³/mol. The molecule has 1 aliphatic rings. The lowest BCUT2D eigenvalue weighted by atomic mass is 10.0. The Bertz CT molecular complexity index is 1380. The predicted octanol–water partition coefficient (Wildman–Crippen LogP) is 4.42. The molecule has 0 bridgehead atoms. The third-order valence-corrected chi connectivity index (χ3v) is 6.39. The van der Waals surface area contributed by atoms with E-state index in [9.17, 15) is 14.7 Å². The number of rotatable bonds is 6. The summed E-state index contributed by atoms with van der Waals surface area (Å²) in [6, 6.07) is 22.2. The molecular weight excluding hydrogens is 476 g/mol. The number of carbonyl (C=O) groups is 2. The van der Waals surface area contributed by atoms with E-state index in [4.69, 9.17) is 11.6 Å². The molecule has 0 unspecified atom stereocenters. The van der Waals surface area contributed by atoms with E-state index < -0.39 is 12.1 Å². The van der Waals surface area contributed by atoms with Crippen LogP contribution in [-0.2, 0) is 17.8 Å². The molecule has 3 heterocycles. The van der Waals surface area contributed by atoms with Crippen molar-refractivity contribution in [2.45, 2.75) is 25.1 Å². The molecule has 8 heteroatoms. The third kappa shape index (κ3) is 4.98. The van der Waals surface area contributed by atoms with Crippen LogP contribution in [-0.4, -0.2) is 37.8 Å². The molecule has 2 amide bonds. The van der Waals surface area contributed by atoms with Crippen LogP contribution in [0.3, 0.4) is 0 Å². The fourth-order valence-electron chi connectivity index (χ4n) is 4.27. The van der Waals surface area contributed by atoms with Crippen LogP contribution in [0, 0.1) is 0 Å². The van der Waals surface area contributed by atoms with Crippen molar-refractivity contribution < 1.29 is 14.7 Å². The van der Waals surface area contributed by atoms with Gasteiger partial charge in [-0.15, -0.1) is 0 Å². The highest BCUT2D eigenvalue weighted by Crippen LogP contribution is 2.29. The molecule has 0 fully saturated rings. The van der Waals surface area contributed by atoms with Crippen LogP contribution in [0.4, 0.5) is 5.69 Å². The van der Waals surface area contributed by atoms with Crippen LogP contribution in [0.15, 0.2) is 91.3 Å². The van der Waals surface area contributed by atoms with Gasteiger partial charge in [-0.05, 0) is 53.6 Å². The zero-order valence-corrected chi connectivity index (χ0v) is 20.0. The SMILES string of the molecule is O=C1Nc2cc(Cl)ccc2C(=O)N(Cc2ccc([C@@H](O)c3ccccn3)cc2)[C@@H]1Cc1ccccn1. The second kappa shape index (κ2) is 10.3. The molecule has 1 aliphatic heterocycles. The van der Waals surface area contributed by atoms with E-state index in [1.54, 1.807) is 65.8 Å². The van der Waals surface area contributed by atoms with E-state index in [2.05, 4.69) is 15.3 Å². The molecule has 36 heavy (non-hydrogen) atoms. The normalized spacial score (nSPS) is 16.2. The van der Waals surface area contributed by atoms with Gasteiger partial charge in [0, 0.05) is 36.1 Å². The highest BCUT2D eigenvalue weighted by Gasteiger charge is 2.36. The molecule has 4 aromatic rings. The largest absolute Gasteiger partial charge is 0.382 e. The number of aliphatic hydroxyl groups is 1. The summed E-state index contributed by atoms with van der Waals surface area (Å²) in [4.78, 5) is 37.1. The molecule has 5 rings (SSSR count). The zero-order chi connectivity index (χ0) is 25.1. The van der Waals surface area contributed by atoms with Gasteiger partial charge in [-0.2, -0.15) is 0 Å². The Labute approximate surface area is 213 Å². The number of benzene rings is 2. The lowest BCUT2D eigenvalue weighted by molar-refractivity contribution is -0.120. The van der Waals surface area contributed by atoms with Crippen LogP contribution in [0.25, 0.3) is 0 Å². The monoisotopic (exact) mass is 498 g/mol. The van der Waals surface area contributed by atoms with Gasteiger partial charge in [-0.1, -0.05) is 48.0 Å². The maximum atomic E-state index is 13.7. The van der Waals surface area contributed by atoms with E-state index in [0.717, 1.165) is 5.56 Å². The number of aliphatic hydroxyl groups excluding tert-OH is 1. The van der Waals surface area contributed by atoms with E-state index in [0.29, 0.717) is 33.2 Å². The number of halogens is 1. The second-order valence-corrected chi connectivity index (χ2v) is 8.99. The summed E-state index contributed by atoms with van der Waals surface area (Å²) < 4.78 is 0. The van der Waals surface area contributed by atoms with E-state index >= 15 is 0 Å². The number of hydrogen-bond acceptors (Lipinski definition) is 5. The molecule has 0 spiro atoms. The Kier molecular flexibility index (Phi) is 6.75. The van der Waals surface area contributed by atoms with E-state index in [1.807, 2.05) is 30.3 Å². The minimum absolute atomic E-state index is 0.200. The van der Waals surface area contributed by atoms with Crippen molar-refractivity contribution in [2.24, 2.45) is 0 Å². The fraction of sp³-hybridized carbons (Fsp3) is 0.143. The zero-order valence-electron chi connectivity index (χ0n) is 19.2. The Morgan fingerprint density at radius 2 is 1.69 bits per heavy atom. The van der Waals surface area contributed by atoms with E-state index in [-0.39, 0.29) is 24.8 Å². The third-order valence-electron chi connectivity index (χ3n) is 6.15. The average Bonchev–Trinajstić information content (AvgIpc) is 2.99. The standard InChI is InChI=1S/C28H23ClN4O3/c29-20-11-12-22-24(15-20)32-27(35)25(16-21-5-1-3-13-30-21)33(28(22)36)17-18-7-9-19(10-8-18)26(34)23-6-2-4-14-31-23/h1-15,25-26,34H,16-17H2,(H,32,35)/t25-,26-/m1/s1. The van der Waals surface area contributed by atoms with Crippen molar-refractivity contribution in [2.75, 3.05) is 5.32 Å². The Morgan fingerprint density at radius 3 is 2.39 bits per heavy atom. The van der Waals surface area contributed by atoms with Gasteiger partial charge in [0.05, 0.1) is 16.9 Å². The minimum Gasteiger partial charge on any atom is -0.382 e. The number of fused-ring (bicyclic) bond motifs is 1. The summed E-state index contributed by atoms with van der Waals surface area (Å²) in [6.45, 7) is 0.200. The molecule has 2 N–H and O–H groups in total. The number of anilines is 1. The first-order valence-electron chi connectivity index (χ1n) is 11.5. The maximum Gasteiger partial charge on any atom is 0.256 e. The Hall–Kier alpha value is -4.07. The van der Waals surface area contributed by atoms with Crippen LogP contribution in [0.5, 0.6) is 0 Å². The number of nitrogens with one attached hydrogen (secondary N) is 1. The quantitative estimate of drug-likeness (QED) is 0.410. The Balaban J connectivity index is 1.46. The summed E-state index contributed by atoms with van der Waals surface area (Å²) in [5.74, 6) is -0.587. The van der Waals surface area contributed by atoms with Crippen LogP contribution >= 0.6 is 11.6 Å². The molecular formula is C28H23ClN4O3. The molecule has 0 radical (unpaired) electrons. The molecule has 0 aliphatic carbocycles. The molecule has 7 nitrogen and oxygen atoms in total. The minimum atomic E-state index is -0.862. The fourth-order valence-corrected chi connectivity index (χ4v) is 4.44. The van der Waals surface area contributed by atoms with Crippen molar-refractivity contribution in [1.29, 1.82) is 0 Å². The van der Waals surface area contributed by atoms with Crippen molar-refractivity contribution in [3.05, 3.63) is 124 Å². The van der Waals surface area contributed by atoms with Gasteiger partial charge in [-0.25, -0.2) is 0 Å². The maximum absolute atomic E-state index is 13.7. The van der Waals surface area contributed by atoms with Crippen LogP contribution < -0.4 is 5.32 Å². The molecule has 2 atom stereocenters. The summed E-state index contributed by atoms with van der Waals surface area (Å²) >= 11 is 6.13. The number of carbonyl (C=O) groups excluding carboxylic acids is 2. The van der Waals surface area contributed by atoms with Crippen molar-refractivity contribution in [1.82, 2.24) is 14.9 Å². The van der Waals surface area contributed by atoms with Crippen LogP contribution in [0.2, 0.25) is 5.02 Å². The highest BCUT2D eigenvalue weighted by atomic mass is 35.5. The summed E-state index contributed by atoms with van der Waals surface area (Å²) in [7, 11) is 0. The molecule has 180 valence electrons. The van der Waals surface area contributed by atoms with Gasteiger partial charge in [0.15, 0.2) is 0 Å². The first-order chi connectivity index (χ1) is 17.5. The number of aromatic nitrogens is 2. The number of hydrogen-bond donors (Lipinski definition) is 2. The lowest BCUT2D eigenvalue weighted by Gasteiger charge is -2.29. The van der Waals surface area contributed by atoms with Crippen molar-refractivity contribution >= 4 is 29.1 Å². The number of nitrogens with zero attached hydrogens (tertiary/aromatic N) is 3. The molecule has 0 saturated carbocycles. The van der Waals surface area contributed by atoms with Gasteiger partial charge in [0.25, 0.3) is 5.91 Å². The van der Waals surface area contributed by atoms with Crippen molar-refractivity contribution in [3.63, 3.8) is 0 Å². The first kappa shape index (κ1) is 23.7. The first-order valence-corrected chi connectivity index (χ1v) is 11.9. The summed E-state index contributed by atoms with van der Waals surface area (Å²) in [6.07, 6.45) is 2.70. The second-order valence-electron chi connectivity index (χ2n) is 8.55. The van der Waals surface area contributed by atoms with Crippen LogP contribution in [0.1, 0.15) is 39.0 Å². The highest BCUT2D eigenvalue weighted by molar-refractivity contribution is 6.31. The van der Waals surface area contributed by atoms with Crippen molar-refractivity contribution in [3.8, 4) is 0 Å². The topological polar surface area (TPSA) is 95.4 Å². The molecule has 2 aromatic heterocycles. The lowest BCUT2D eigenvalue weighted by Crippen LogP contribution is -2.46. The molecule has 0 saturated heterocycles. The van der Waals surface area contributed by atoms with Gasteiger partial charge in [0.1, 0.15) is 12.1 Å². The smallest absolute Gasteiger partial charge is 0.256 e. The van der Waals surface area contributed by atoms with Gasteiger partial charge >= 0.3 is 0 Å². The van der Waals surface area contributed by atoms with E-state index in [1.165, 1.54) is 0 Å². The Morgan fingerprint density at radius 1 is 0.944 bits per heavy atom. The van der Waals surface area contributed by atoms with Gasteiger partial charge in [-0.3, -0.25) is 19.6 Å². The summed E-state index contributed by atoms with van der Waals surface area (Å²) in [5.41, 5.74) is 3.51.